The second-order valence-corrected chi connectivity index (χ2v) is 6.79. The fourth-order valence-electron chi connectivity index (χ4n) is 2.20. The maximum absolute atomic E-state index is 10.8. The van der Waals surface area contributed by atoms with Crippen molar-refractivity contribution in [1.82, 2.24) is 4.98 Å². The molecule has 134 valence electrons. The van der Waals surface area contributed by atoms with Crippen molar-refractivity contribution in [2.24, 2.45) is 5.73 Å². The van der Waals surface area contributed by atoms with E-state index in [1.54, 1.807) is 12.1 Å². The van der Waals surface area contributed by atoms with Gasteiger partial charge in [0.2, 0.25) is 5.91 Å². The number of amides is 1. The Labute approximate surface area is 152 Å². The van der Waals surface area contributed by atoms with Crippen LogP contribution in [0.4, 0.5) is 23.0 Å². The molecule has 0 saturated carbocycles. The van der Waals surface area contributed by atoms with Crippen molar-refractivity contribution in [3.63, 3.8) is 0 Å². The first-order valence-electron chi connectivity index (χ1n) is 8.01. The van der Waals surface area contributed by atoms with Gasteiger partial charge in [0.05, 0.1) is 5.69 Å². The molecule has 2 rings (SSSR count). The molecule has 0 bridgehead atoms. The third-order valence-electron chi connectivity index (χ3n) is 3.28. The minimum absolute atomic E-state index is 0.266. The van der Waals surface area contributed by atoms with Crippen molar-refractivity contribution in [3.05, 3.63) is 47.5 Å². The van der Waals surface area contributed by atoms with Gasteiger partial charge < -0.3 is 22.1 Å². The maximum Gasteiger partial charge on any atom is 0.241 e. The van der Waals surface area contributed by atoms with Gasteiger partial charge in [-0.05, 0) is 44.5 Å². The molecule has 1 heterocycles. The maximum atomic E-state index is 10.8. The van der Waals surface area contributed by atoms with E-state index in [0.717, 1.165) is 11.3 Å². The first-order valence-corrected chi connectivity index (χ1v) is 8.01. The van der Waals surface area contributed by atoms with Gasteiger partial charge in [-0.3, -0.25) is 4.79 Å². The highest BCUT2D eigenvalue weighted by Crippen LogP contribution is 2.27. The molecular weight excluding hydrogens is 328 g/mol. The summed E-state index contributed by atoms with van der Waals surface area (Å²) in [6.45, 7) is 5.93. The monoisotopic (exact) mass is 350 g/mol. The van der Waals surface area contributed by atoms with Gasteiger partial charge >= 0.3 is 0 Å². The minimum atomic E-state index is -0.497. The molecule has 0 spiro atoms. The molecule has 0 aliphatic heterocycles. The fraction of sp³-hybridized carbons (Fsp3) is 0.211. The molecule has 1 aromatic carbocycles. The highest BCUT2D eigenvalue weighted by molar-refractivity contribution is 5.90. The lowest BCUT2D eigenvalue weighted by Gasteiger charge is -2.23. The molecular formula is C19H22N6O. The Kier molecular flexibility index (Phi) is 5.48. The molecule has 0 unspecified atom stereocenters. The molecule has 7 heteroatoms. The van der Waals surface area contributed by atoms with E-state index in [9.17, 15) is 10.1 Å². The van der Waals surface area contributed by atoms with Crippen molar-refractivity contribution >= 4 is 35.0 Å². The van der Waals surface area contributed by atoms with Gasteiger partial charge in [-0.15, -0.1) is 0 Å². The number of benzene rings is 1. The van der Waals surface area contributed by atoms with Crippen molar-refractivity contribution in [3.8, 4) is 6.07 Å². The molecule has 6 N–H and O–H groups in total. The summed E-state index contributed by atoms with van der Waals surface area (Å²) in [5, 5.41) is 15.7. The Balaban J connectivity index is 2.26. The molecule has 0 atom stereocenters. The molecule has 0 saturated heterocycles. The van der Waals surface area contributed by atoms with Gasteiger partial charge in [-0.1, -0.05) is 12.1 Å². The number of rotatable bonds is 5. The van der Waals surface area contributed by atoms with Crippen LogP contribution >= 0.6 is 0 Å². The van der Waals surface area contributed by atoms with Crippen molar-refractivity contribution in [1.29, 1.82) is 5.26 Å². The average Bonchev–Trinajstić information content (AvgIpc) is 2.52. The largest absolute Gasteiger partial charge is 0.397 e. The van der Waals surface area contributed by atoms with Crippen molar-refractivity contribution in [2.45, 2.75) is 26.3 Å². The number of anilines is 4. The normalized spacial score (nSPS) is 11.2. The summed E-state index contributed by atoms with van der Waals surface area (Å²) >= 11 is 0. The van der Waals surface area contributed by atoms with E-state index in [4.69, 9.17) is 11.5 Å². The Hall–Kier alpha value is -3.53. The number of hydrogen-bond acceptors (Lipinski definition) is 6. The van der Waals surface area contributed by atoms with Crippen LogP contribution in [0.1, 0.15) is 31.9 Å². The van der Waals surface area contributed by atoms with Crippen LogP contribution in [0.5, 0.6) is 0 Å². The topological polar surface area (TPSA) is 130 Å². The van der Waals surface area contributed by atoms with Crippen LogP contribution < -0.4 is 22.1 Å². The summed E-state index contributed by atoms with van der Waals surface area (Å²) < 4.78 is 0. The Morgan fingerprint density at radius 2 is 1.92 bits per heavy atom. The van der Waals surface area contributed by atoms with Gasteiger partial charge in [0.25, 0.3) is 0 Å². The highest BCUT2D eigenvalue weighted by Gasteiger charge is 2.16. The number of nitrogens with one attached hydrogen (secondary N) is 2. The van der Waals surface area contributed by atoms with Gasteiger partial charge in [-0.25, -0.2) is 4.98 Å². The third-order valence-corrected chi connectivity index (χ3v) is 3.28. The Bertz CT molecular complexity index is 873. The fourth-order valence-corrected chi connectivity index (χ4v) is 2.20. The predicted octanol–water partition coefficient (Wildman–Crippen LogP) is 2.99. The standard InChI is InChI=1S/C19H22N6O/c1-19(2,3)25-18-14(11-20)15(21)10-17(24-18)23-13-7-4-12(5-8-13)6-9-16(22)26/h4-10H,1-3H3,(H2,22,26)(H4,21,23,24,25)/b9-6+. The molecule has 1 aromatic heterocycles. The zero-order chi connectivity index (χ0) is 19.3. The van der Waals surface area contributed by atoms with Crippen LogP contribution in [0.25, 0.3) is 6.08 Å². The summed E-state index contributed by atoms with van der Waals surface area (Å²) in [7, 11) is 0. The molecule has 0 radical (unpaired) electrons. The SMILES string of the molecule is CC(C)(C)Nc1nc(Nc2ccc(/C=C/C(N)=O)cc2)cc(N)c1C#N. The smallest absolute Gasteiger partial charge is 0.241 e. The average molecular weight is 350 g/mol. The second kappa shape index (κ2) is 7.57. The number of hydrogen-bond donors (Lipinski definition) is 4. The van der Waals surface area contributed by atoms with Crippen molar-refractivity contribution in [2.75, 3.05) is 16.4 Å². The molecule has 0 fully saturated rings. The quantitative estimate of drug-likeness (QED) is 0.613. The van der Waals surface area contributed by atoms with Crippen LogP contribution in [0.3, 0.4) is 0 Å². The number of carbonyl (C=O) groups excluding carboxylic acids is 1. The summed E-state index contributed by atoms with van der Waals surface area (Å²) in [5.41, 5.74) is 13.1. The molecule has 2 aromatic rings. The van der Waals surface area contributed by atoms with E-state index in [1.807, 2.05) is 45.0 Å². The zero-order valence-corrected chi connectivity index (χ0v) is 15.0. The molecule has 7 nitrogen and oxygen atoms in total. The number of nitriles is 1. The van der Waals surface area contributed by atoms with Crippen molar-refractivity contribution < 1.29 is 4.79 Å². The molecule has 26 heavy (non-hydrogen) atoms. The first kappa shape index (κ1) is 18.8. The third kappa shape index (κ3) is 5.24. The van der Waals surface area contributed by atoms with Crippen LogP contribution in [0.15, 0.2) is 36.4 Å². The van der Waals surface area contributed by atoms with Gasteiger partial charge in [0.15, 0.2) is 0 Å². The van der Waals surface area contributed by atoms with Crippen LogP contribution in [-0.4, -0.2) is 16.4 Å². The van der Waals surface area contributed by atoms with E-state index in [2.05, 4.69) is 21.7 Å². The van der Waals surface area contributed by atoms with E-state index in [0.29, 0.717) is 22.9 Å². The molecule has 0 aliphatic rings. The van der Waals surface area contributed by atoms with Crippen LogP contribution in [-0.2, 0) is 4.79 Å². The Morgan fingerprint density at radius 1 is 1.27 bits per heavy atom. The number of carbonyl (C=O) groups is 1. The number of primary amides is 1. The molecule has 0 aliphatic carbocycles. The van der Waals surface area contributed by atoms with E-state index < -0.39 is 5.91 Å². The van der Waals surface area contributed by atoms with Gasteiger partial charge in [0.1, 0.15) is 23.3 Å². The number of nitrogen functional groups attached to an aromatic ring is 1. The number of aromatic nitrogens is 1. The second-order valence-electron chi connectivity index (χ2n) is 6.79. The predicted molar refractivity (Wildman–Crippen MR) is 105 cm³/mol. The summed E-state index contributed by atoms with van der Waals surface area (Å²) in [6, 6.07) is 11.1. The van der Waals surface area contributed by atoms with Crippen LogP contribution in [0.2, 0.25) is 0 Å². The lowest BCUT2D eigenvalue weighted by molar-refractivity contribution is -0.113. The Morgan fingerprint density at radius 3 is 2.46 bits per heavy atom. The van der Waals surface area contributed by atoms with Gasteiger partial charge in [-0.2, -0.15) is 5.26 Å². The van der Waals surface area contributed by atoms with E-state index >= 15 is 0 Å². The lowest BCUT2D eigenvalue weighted by Crippen LogP contribution is -2.27. The highest BCUT2D eigenvalue weighted by atomic mass is 16.1. The first-order chi connectivity index (χ1) is 12.2. The van der Waals surface area contributed by atoms with E-state index in [1.165, 1.54) is 6.08 Å². The lowest BCUT2D eigenvalue weighted by atomic mass is 10.1. The minimum Gasteiger partial charge on any atom is -0.397 e. The van der Waals surface area contributed by atoms with Gasteiger partial charge in [0, 0.05) is 23.4 Å². The summed E-state index contributed by atoms with van der Waals surface area (Å²) in [5.74, 6) is 0.459. The summed E-state index contributed by atoms with van der Waals surface area (Å²) in [6.07, 6.45) is 2.94. The zero-order valence-electron chi connectivity index (χ0n) is 15.0. The number of pyridine rings is 1. The number of nitrogens with two attached hydrogens (primary N) is 2. The number of nitrogens with zero attached hydrogens (tertiary/aromatic N) is 2. The van der Waals surface area contributed by atoms with Crippen LogP contribution in [0, 0.1) is 11.3 Å². The summed E-state index contributed by atoms with van der Waals surface area (Å²) in [4.78, 5) is 15.2. The molecule has 1 amide bonds. The van der Waals surface area contributed by atoms with E-state index in [-0.39, 0.29) is 5.54 Å².